The molecule has 37 heteroatoms. The second kappa shape index (κ2) is 52.8. The molecule has 8 aliphatic rings. The molecule has 0 aromatic heterocycles. The molecule has 3 aromatic carbocycles. The molecule has 139 heavy (non-hydrogen) atoms. The fourth-order valence-electron chi connectivity index (χ4n) is 21.5. The molecular weight excluding hydrogens is 2050 g/mol. The molecule has 0 saturated carbocycles. The van der Waals surface area contributed by atoms with Crippen LogP contribution in [0.3, 0.4) is 0 Å². The summed E-state index contributed by atoms with van der Waals surface area (Å²) in [4.78, 5) is 54.2. The van der Waals surface area contributed by atoms with E-state index in [9.17, 15) is 9.59 Å². The molecule has 776 valence electrons. The van der Waals surface area contributed by atoms with E-state index in [1.54, 1.807) is 76.9 Å². The minimum absolute atomic E-state index is 0.0199. The minimum atomic E-state index is -2.84. The predicted octanol–water partition coefficient (Wildman–Crippen LogP) is 22.2. The molecule has 27 nitrogen and oxygen atoms in total. The summed E-state index contributed by atoms with van der Waals surface area (Å²) >= 11 is 3.42. The molecule has 0 unspecified atom stereocenters. The van der Waals surface area contributed by atoms with Gasteiger partial charge in [0, 0.05) is 56.4 Å². The van der Waals surface area contributed by atoms with Gasteiger partial charge in [-0.05, 0) is 204 Å². The number of methoxy groups -OCH3 is 5. The van der Waals surface area contributed by atoms with Crippen LogP contribution in [0.4, 0.5) is 9.59 Å². The lowest BCUT2D eigenvalue weighted by molar-refractivity contribution is -0.335. The number of fused-ring (bicyclic) bond motifs is 5. The Morgan fingerprint density at radius 1 is 0.604 bits per heavy atom. The highest BCUT2D eigenvalue weighted by Crippen LogP contribution is 2.55. The standard InChI is InChI=1S/C102H158IN3O24S4Si5/c1-27-106(100(109)116-63-74-72-53-48-46-51-70(72)71-52-47-49-54-73(71)74)76-64-115-80(61-78(76)110-21)123-92-89(128-137(34-8,35-9)36-10)85(67(18)120-97(92)122-77-55-45-43-44-50-57-101(130-139(40-14,41-15)42-16)65-102(117-58-59-118-102)95(104-99(108)114-25)83(77)75(101)56-60-132-134-131-26)105-125-81-62-79(126-135(28-2,29-3)30-4)94(69(20)119-81)133-96(107)82-66(17)84(103)88(91(113-24)87(82)111-22)124-98-93(129-138(37-11,38-12)39-13)90(112-23)86(68(19)121-98)127-136(31-5,32-6)33-7/h43-44,46-49,51-54,56,67-69,74,76-81,85-86,89-90,92-94,97-98,105H,27-42,58-65H2,1-26H3,(H,104,108)/b44-43-,75-56?/t67-,68+,69-,76+,77+,78+,79+,80+,81+,85-,86+,89+,90-,92-,93-,94-,97+,98+,101+/m1/s1. The van der Waals surface area contributed by atoms with Crippen molar-refractivity contribution in [1.82, 2.24) is 15.7 Å². The van der Waals surface area contributed by atoms with E-state index in [-0.39, 0.29) is 80.5 Å². The van der Waals surface area contributed by atoms with E-state index in [0.717, 1.165) is 125 Å². The lowest BCUT2D eigenvalue weighted by Gasteiger charge is -2.52. The maximum atomic E-state index is 16.1. The van der Waals surface area contributed by atoms with Crippen LogP contribution in [-0.2, 0) is 83.8 Å². The van der Waals surface area contributed by atoms with Crippen molar-refractivity contribution in [2.45, 2.75) is 375 Å². The third-order valence-corrected chi connectivity index (χ3v) is 60.6. The fourth-order valence-corrected chi connectivity index (χ4v) is 40.2. The summed E-state index contributed by atoms with van der Waals surface area (Å²) < 4.78 is 142. The van der Waals surface area contributed by atoms with E-state index in [1.165, 1.54) is 7.11 Å². The Kier molecular flexibility index (Phi) is 43.9. The summed E-state index contributed by atoms with van der Waals surface area (Å²) in [7, 11) is 0.00692. The number of likely N-dealkylation sites (N-methyl/N-ethyl adjacent to an activating group) is 1. The molecular formula is C102H158IN3O24S4Si5. The Morgan fingerprint density at radius 3 is 1.71 bits per heavy atom. The summed E-state index contributed by atoms with van der Waals surface area (Å²) in [5, 5.41) is 2.28. The monoisotopic (exact) mass is 2200 g/mol. The van der Waals surface area contributed by atoms with Gasteiger partial charge in [0.05, 0.1) is 122 Å². The molecule has 11 rings (SSSR count). The Morgan fingerprint density at radius 2 is 1.16 bits per heavy atom. The smallest absolute Gasteiger partial charge is 0.411 e. The normalized spacial score (nSPS) is 28.2. The summed E-state index contributed by atoms with van der Waals surface area (Å²) in [6, 6.07) is 27.5. The van der Waals surface area contributed by atoms with Crippen molar-refractivity contribution in [2.24, 2.45) is 0 Å². The molecule has 5 aliphatic heterocycles. The predicted molar refractivity (Wildman–Crippen MR) is 573 cm³/mol. The Labute approximate surface area is 863 Å². The van der Waals surface area contributed by atoms with E-state index in [2.05, 4.69) is 191 Å². The molecule has 5 heterocycles. The van der Waals surface area contributed by atoms with Crippen molar-refractivity contribution in [1.29, 1.82) is 0 Å². The third kappa shape index (κ3) is 25.5. The maximum Gasteiger partial charge on any atom is 0.411 e. The van der Waals surface area contributed by atoms with Crippen LogP contribution in [0.2, 0.25) is 90.7 Å². The number of hydrogen-bond acceptors (Lipinski definition) is 29. The number of allylic oxidation sites excluding steroid dienone is 2. The molecule has 2 N–H and O–H groups in total. The summed E-state index contributed by atoms with van der Waals surface area (Å²) in [5.41, 5.74) is 8.73. The summed E-state index contributed by atoms with van der Waals surface area (Å²) in [6.45, 7) is 43.5. The van der Waals surface area contributed by atoms with E-state index < -0.39 is 175 Å². The van der Waals surface area contributed by atoms with Gasteiger partial charge in [0.2, 0.25) is 22.9 Å². The first-order valence-electron chi connectivity index (χ1n) is 50.7. The van der Waals surface area contributed by atoms with Crippen molar-refractivity contribution in [2.75, 3.05) is 80.5 Å². The minimum Gasteiger partial charge on any atom is -0.492 e. The maximum absolute atomic E-state index is 16.1. The first kappa shape index (κ1) is 115. The summed E-state index contributed by atoms with van der Waals surface area (Å²) in [5.74, 6) is 13.2. The largest absolute Gasteiger partial charge is 0.492 e. The van der Waals surface area contributed by atoms with E-state index in [0.29, 0.717) is 37.3 Å². The van der Waals surface area contributed by atoms with E-state index in [1.807, 2.05) is 65.1 Å². The quantitative estimate of drug-likeness (QED) is 0.0133. The van der Waals surface area contributed by atoms with Crippen LogP contribution in [0.1, 0.15) is 184 Å². The molecule has 2 amide bonds. The highest BCUT2D eigenvalue weighted by Gasteiger charge is 2.62. The molecule has 19 atom stereocenters. The van der Waals surface area contributed by atoms with Crippen LogP contribution in [0.25, 0.3) is 11.1 Å². The number of benzene rings is 3. The van der Waals surface area contributed by atoms with Gasteiger partial charge in [-0.1, -0.05) is 215 Å². The number of alkyl carbamates (subject to hydrolysis) is 1. The van der Waals surface area contributed by atoms with Gasteiger partial charge in [0.15, 0.2) is 72.0 Å². The van der Waals surface area contributed by atoms with Gasteiger partial charge in [0.25, 0.3) is 0 Å². The number of ether oxygens (including phenoxy) is 15. The van der Waals surface area contributed by atoms with Crippen LogP contribution < -0.4 is 25.0 Å². The van der Waals surface area contributed by atoms with Crippen molar-refractivity contribution in [3.63, 3.8) is 0 Å². The Balaban J connectivity index is 0.977. The molecule has 0 radical (unpaired) electrons. The summed E-state index contributed by atoms with van der Waals surface area (Å²) in [6.07, 6.45) is -6.16. The average Bonchev–Trinajstić information content (AvgIpc) is 1.70. The number of nitrogens with one attached hydrogen (secondary N) is 2. The first-order chi connectivity index (χ1) is 66.9. The zero-order valence-electron chi connectivity index (χ0n) is 87.0. The fraction of sp³-hybridized carbons (Fsp3) is 0.696. The van der Waals surface area contributed by atoms with Crippen molar-refractivity contribution < 1.29 is 112 Å². The molecule has 2 bridgehead atoms. The van der Waals surface area contributed by atoms with Gasteiger partial charge in [-0.2, -0.15) is 5.48 Å². The number of amides is 2. The van der Waals surface area contributed by atoms with E-state index in [4.69, 9.17) is 98.0 Å². The number of carbonyl (C=O) groups is 3. The first-order valence-corrected chi connectivity index (χ1v) is 69.4. The number of hydroxylamine groups is 1. The van der Waals surface area contributed by atoms with Gasteiger partial charge in [-0.3, -0.25) is 14.9 Å². The van der Waals surface area contributed by atoms with Crippen LogP contribution in [0.15, 0.2) is 83.6 Å². The number of thioether (sulfide) groups is 1. The van der Waals surface area contributed by atoms with Crippen molar-refractivity contribution >= 4 is 125 Å². The number of hydrogen-bond donors (Lipinski definition) is 2. The topological polar surface area (TPSA) is 272 Å². The number of halogens is 1. The average molecular weight is 2210 g/mol. The number of carbonyl (C=O) groups excluding carboxylic acids is 3. The third-order valence-electron chi connectivity index (χ3n) is 31.0. The van der Waals surface area contributed by atoms with Gasteiger partial charge >= 0.3 is 12.2 Å². The molecule has 3 aliphatic carbocycles. The van der Waals surface area contributed by atoms with E-state index >= 15 is 4.79 Å². The highest BCUT2D eigenvalue weighted by atomic mass is 127. The van der Waals surface area contributed by atoms with Crippen molar-refractivity contribution in [3.05, 3.63) is 109 Å². The number of rotatable bonds is 49. The lowest BCUT2D eigenvalue weighted by atomic mass is 9.73. The Hall–Kier alpha value is -3.86. The molecule has 1 spiro atoms. The van der Waals surface area contributed by atoms with Gasteiger partial charge in [-0.25, -0.2) is 9.59 Å². The van der Waals surface area contributed by atoms with Crippen LogP contribution in [0, 0.1) is 34.2 Å². The Bertz CT molecular complexity index is 4680. The van der Waals surface area contributed by atoms with Crippen molar-refractivity contribution in [3.8, 4) is 52.1 Å². The van der Waals surface area contributed by atoms with Gasteiger partial charge in [-0.15, -0.1) is 0 Å². The van der Waals surface area contributed by atoms with Crippen LogP contribution in [-0.4, -0.2) is 265 Å². The van der Waals surface area contributed by atoms with Crippen LogP contribution >= 0.6 is 65.8 Å². The van der Waals surface area contributed by atoms with Gasteiger partial charge < -0.3 is 98.1 Å². The second-order valence-corrected chi connectivity index (χ2v) is 67.4. The molecule has 3 aromatic rings. The zero-order valence-corrected chi connectivity index (χ0v) is 97.5. The van der Waals surface area contributed by atoms with Gasteiger partial charge in [0.1, 0.15) is 36.6 Å². The molecule has 5 saturated heterocycles. The zero-order chi connectivity index (χ0) is 101. The SMILES string of the molecule is CCN(C(=O)OCC1c2ccccc2-c2ccccc21)[C@H]1CO[C@@H](O[C@H]2[C@H](O[C@H]3C#C/C=C\C#C[C@]4(O[Si](CC)(CC)CC)CC5(OCCO5)C(NC(=O)OC)=C3C4=CCSSSC)O[C@H](C)[C@@H](NO[C@H]3C[C@H](O[Si](CC)(CC)CC)[C@H](SC(=O)c4c(C)c(I)c(O[C@@H]5O[C@@H](C)[C@H](O[Si](CC)(CC)CC)[C@@H](OC)[C@H]5O[Si](CC)(CC)CC)c(OC)c4OC)[C@@H](C)O3)[C@@H]2O[Si](CC)(CC)CC)C[C@@H]1OC. The second-order valence-electron chi connectivity index (χ2n) is 37.2. The van der Waals surface area contributed by atoms with Crippen LogP contribution in [0.5, 0.6) is 17.2 Å². The number of nitrogens with zero attached hydrogens (tertiary/aromatic N) is 1. The lowest BCUT2D eigenvalue weighted by Crippen LogP contribution is -2.68. The highest BCUT2D eigenvalue weighted by molar-refractivity contribution is 14.1. The molecule has 5 fully saturated rings.